The van der Waals surface area contributed by atoms with Crippen molar-refractivity contribution in [1.82, 2.24) is 24.3 Å². The van der Waals surface area contributed by atoms with Crippen LogP contribution in [-0.4, -0.2) is 31.3 Å². The zero-order chi connectivity index (χ0) is 19.5. The third-order valence-electron chi connectivity index (χ3n) is 4.74. The molecule has 0 atom stereocenters. The van der Waals surface area contributed by atoms with E-state index in [1.807, 2.05) is 49.6 Å². The second-order valence-corrected chi connectivity index (χ2v) is 6.99. The van der Waals surface area contributed by atoms with Gasteiger partial charge in [0.05, 0.1) is 11.9 Å². The van der Waals surface area contributed by atoms with Crippen molar-refractivity contribution >= 4 is 5.65 Å². The van der Waals surface area contributed by atoms with Gasteiger partial charge in [0.2, 0.25) is 0 Å². The summed E-state index contributed by atoms with van der Waals surface area (Å²) >= 11 is 0. The third-order valence-corrected chi connectivity index (χ3v) is 4.74. The number of nitrogens with one attached hydrogen (secondary N) is 1. The molecule has 0 saturated heterocycles. The van der Waals surface area contributed by atoms with E-state index in [0.29, 0.717) is 5.82 Å². The largest absolute Gasteiger partial charge is 0.307 e. The van der Waals surface area contributed by atoms with Gasteiger partial charge in [0.15, 0.2) is 0 Å². The molecule has 28 heavy (non-hydrogen) atoms. The van der Waals surface area contributed by atoms with Crippen molar-refractivity contribution in [1.29, 1.82) is 0 Å². The molecule has 0 spiro atoms. The van der Waals surface area contributed by atoms with Crippen molar-refractivity contribution in [2.45, 2.75) is 26.4 Å². The SMILES string of the molecule is CCc1cc(=O)[nH]c(-c2cccc(CN(C)Cc3cnc4ccccn34)c2)n1. The molecule has 0 radical (unpaired) electrons. The second-order valence-electron chi connectivity index (χ2n) is 6.99. The summed E-state index contributed by atoms with van der Waals surface area (Å²) in [7, 11) is 2.09. The Morgan fingerprint density at radius 2 is 2.00 bits per heavy atom. The zero-order valence-electron chi connectivity index (χ0n) is 16.1. The number of nitrogens with zero attached hydrogens (tertiary/aromatic N) is 4. The van der Waals surface area contributed by atoms with E-state index in [2.05, 4.69) is 43.4 Å². The van der Waals surface area contributed by atoms with Gasteiger partial charge in [-0.25, -0.2) is 9.97 Å². The van der Waals surface area contributed by atoms with E-state index in [1.165, 1.54) is 5.56 Å². The van der Waals surface area contributed by atoms with E-state index in [-0.39, 0.29) is 5.56 Å². The highest BCUT2D eigenvalue weighted by Crippen LogP contribution is 2.18. The van der Waals surface area contributed by atoms with Gasteiger partial charge in [-0.15, -0.1) is 0 Å². The van der Waals surface area contributed by atoms with Crippen molar-refractivity contribution < 1.29 is 0 Å². The molecule has 142 valence electrons. The van der Waals surface area contributed by atoms with Crippen molar-refractivity contribution in [3.05, 3.63) is 88.2 Å². The molecule has 1 aromatic carbocycles. The van der Waals surface area contributed by atoms with Gasteiger partial charge in [-0.1, -0.05) is 31.2 Å². The van der Waals surface area contributed by atoms with Crippen LogP contribution in [0, 0.1) is 0 Å². The highest BCUT2D eigenvalue weighted by atomic mass is 16.1. The van der Waals surface area contributed by atoms with Gasteiger partial charge in [-0.05, 0) is 37.2 Å². The Hall–Kier alpha value is -3.25. The van der Waals surface area contributed by atoms with Crippen molar-refractivity contribution in [2.75, 3.05) is 7.05 Å². The lowest BCUT2D eigenvalue weighted by atomic mass is 10.1. The van der Waals surface area contributed by atoms with Gasteiger partial charge in [0, 0.05) is 36.6 Å². The molecule has 4 aromatic rings. The van der Waals surface area contributed by atoms with Crippen LogP contribution < -0.4 is 5.56 Å². The first-order valence-electron chi connectivity index (χ1n) is 9.41. The van der Waals surface area contributed by atoms with Gasteiger partial charge in [-0.3, -0.25) is 9.69 Å². The number of benzene rings is 1. The molecule has 0 aliphatic rings. The summed E-state index contributed by atoms with van der Waals surface area (Å²) in [5.41, 5.74) is 4.88. The summed E-state index contributed by atoms with van der Waals surface area (Å²) in [5.74, 6) is 0.621. The monoisotopic (exact) mass is 373 g/mol. The van der Waals surface area contributed by atoms with Gasteiger partial charge < -0.3 is 9.38 Å². The molecule has 0 bridgehead atoms. The molecule has 3 heterocycles. The molecule has 0 fully saturated rings. The molecule has 6 nitrogen and oxygen atoms in total. The Labute approximate surface area is 163 Å². The Morgan fingerprint density at radius 1 is 1.11 bits per heavy atom. The molecule has 0 saturated carbocycles. The first kappa shape index (κ1) is 18.1. The number of aryl methyl sites for hydroxylation is 1. The quantitative estimate of drug-likeness (QED) is 0.563. The second kappa shape index (κ2) is 7.78. The van der Waals surface area contributed by atoms with E-state index in [0.717, 1.165) is 42.1 Å². The summed E-state index contributed by atoms with van der Waals surface area (Å²) in [4.78, 5) is 26.0. The molecule has 6 heteroatoms. The number of H-pyrrole nitrogens is 1. The van der Waals surface area contributed by atoms with Crippen LogP contribution in [0.5, 0.6) is 0 Å². The molecule has 1 N–H and O–H groups in total. The predicted octanol–water partition coefficient (Wildman–Crippen LogP) is 3.28. The topological polar surface area (TPSA) is 66.3 Å². The molecule has 4 rings (SSSR count). The molecule has 3 aromatic heterocycles. The number of aromatic nitrogens is 4. The fraction of sp³-hybridized carbons (Fsp3) is 0.227. The number of aromatic amines is 1. The van der Waals surface area contributed by atoms with Crippen molar-refractivity contribution in [3.63, 3.8) is 0 Å². The fourth-order valence-corrected chi connectivity index (χ4v) is 3.39. The summed E-state index contributed by atoms with van der Waals surface area (Å²) in [6, 6.07) is 15.7. The molecule has 0 amide bonds. The number of imidazole rings is 1. The Kier molecular flexibility index (Phi) is 5.04. The molecule has 0 unspecified atom stereocenters. The maximum Gasteiger partial charge on any atom is 0.251 e. The summed E-state index contributed by atoms with van der Waals surface area (Å²) in [6.45, 7) is 3.57. The maximum atomic E-state index is 11.9. The van der Waals surface area contributed by atoms with Gasteiger partial charge in [-0.2, -0.15) is 0 Å². The molecular weight excluding hydrogens is 350 g/mol. The molecule has 0 aliphatic heterocycles. The fourth-order valence-electron chi connectivity index (χ4n) is 3.39. The lowest BCUT2D eigenvalue weighted by molar-refractivity contribution is 0.314. The summed E-state index contributed by atoms with van der Waals surface area (Å²) in [6.07, 6.45) is 4.70. The lowest BCUT2D eigenvalue weighted by Gasteiger charge is -2.17. The van der Waals surface area contributed by atoms with Crippen LogP contribution in [0.4, 0.5) is 0 Å². The van der Waals surface area contributed by atoms with Crippen molar-refractivity contribution in [3.8, 4) is 11.4 Å². The zero-order valence-corrected chi connectivity index (χ0v) is 16.1. The number of hydrogen-bond acceptors (Lipinski definition) is 4. The van der Waals surface area contributed by atoms with Crippen LogP contribution in [0.1, 0.15) is 23.9 Å². The Bertz CT molecular complexity index is 1160. The maximum absolute atomic E-state index is 11.9. The number of pyridine rings is 1. The number of rotatable bonds is 6. The number of hydrogen-bond donors (Lipinski definition) is 1. The minimum Gasteiger partial charge on any atom is -0.307 e. The highest BCUT2D eigenvalue weighted by molar-refractivity contribution is 5.56. The lowest BCUT2D eigenvalue weighted by Crippen LogP contribution is -2.18. The van der Waals surface area contributed by atoms with Crippen molar-refractivity contribution in [2.24, 2.45) is 0 Å². The summed E-state index contributed by atoms with van der Waals surface area (Å²) < 4.78 is 2.11. The summed E-state index contributed by atoms with van der Waals surface area (Å²) in [5, 5.41) is 0. The van der Waals surface area contributed by atoms with Gasteiger partial charge >= 0.3 is 0 Å². The van der Waals surface area contributed by atoms with E-state index in [4.69, 9.17) is 0 Å². The van der Waals surface area contributed by atoms with E-state index in [9.17, 15) is 4.79 Å². The van der Waals surface area contributed by atoms with Crippen LogP contribution in [0.3, 0.4) is 0 Å². The normalized spacial score (nSPS) is 11.4. The average molecular weight is 373 g/mol. The smallest absolute Gasteiger partial charge is 0.251 e. The predicted molar refractivity (Wildman–Crippen MR) is 110 cm³/mol. The standard InChI is InChI=1S/C22H23N5O/c1-3-18-12-21(28)25-22(24-18)17-8-6-7-16(11-17)14-26(2)15-19-13-23-20-9-4-5-10-27(19)20/h4-13H,3,14-15H2,1-2H3,(H,24,25,28). The third kappa shape index (κ3) is 3.87. The van der Waals surface area contributed by atoms with Crippen LogP contribution in [-0.2, 0) is 19.5 Å². The van der Waals surface area contributed by atoms with Gasteiger partial charge in [0.1, 0.15) is 11.5 Å². The van der Waals surface area contributed by atoms with Crippen LogP contribution in [0.2, 0.25) is 0 Å². The minimum atomic E-state index is -0.114. The first-order chi connectivity index (χ1) is 13.6. The average Bonchev–Trinajstić information content (AvgIpc) is 3.10. The van der Waals surface area contributed by atoms with Gasteiger partial charge in [0.25, 0.3) is 5.56 Å². The van der Waals surface area contributed by atoms with E-state index >= 15 is 0 Å². The molecular formula is C22H23N5O. The van der Waals surface area contributed by atoms with Crippen LogP contribution in [0.25, 0.3) is 17.0 Å². The number of fused-ring (bicyclic) bond motifs is 1. The highest BCUT2D eigenvalue weighted by Gasteiger charge is 2.09. The first-order valence-corrected chi connectivity index (χ1v) is 9.41. The minimum absolute atomic E-state index is 0.114. The van der Waals surface area contributed by atoms with Crippen LogP contribution >= 0.6 is 0 Å². The Balaban J connectivity index is 1.53. The molecule has 0 aliphatic carbocycles. The van der Waals surface area contributed by atoms with E-state index < -0.39 is 0 Å². The van der Waals surface area contributed by atoms with E-state index in [1.54, 1.807) is 6.07 Å². The Morgan fingerprint density at radius 3 is 2.86 bits per heavy atom. The van der Waals surface area contributed by atoms with Crippen LogP contribution in [0.15, 0.2) is 65.7 Å².